The van der Waals surface area contributed by atoms with E-state index in [-0.39, 0.29) is 16.6 Å². The molecule has 0 aliphatic heterocycles. The predicted octanol–water partition coefficient (Wildman–Crippen LogP) is 4.17. The minimum atomic E-state index is -0.921. The number of hydrogen-bond donors (Lipinski definition) is 1. The number of halogens is 1. The Hall–Kier alpha value is -0.890. The molecule has 3 atom stereocenters. The molecule has 0 radical (unpaired) electrons. The minimum absolute atomic E-state index is 0.124. The molecule has 0 aromatic heterocycles. The molecule has 2 aliphatic carbocycles. The van der Waals surface area contributed by atoms with Crippen LogP contribution in [0.2, 0.25) is 0 Å². The molecule has 2 fully saturated rings. The van der Waals surface area contributed by atoms with Crippen LogP contribution in [0.3, 0.4) is 0 Å². The first-order valence-electron chi connectivity index (χ1n) is 7.21. The quantitative estimate of drug-likeness (QED) is 0.805. The summed E-state index contributed by atoms with van der Waals surface area (Å²) in [4.78, 5) is 0. The summed E-state index contributed by atoms with van der Waals surface area (Å²) in [6, 6.07) is 5.01. The Morgan fingerprint density at radius 2 is 1.89 bits per heavy atom. The van der Waals surface area contributed by atoms with Gasteiger partial charge in [0.2, 0.25) is 0 Å². The first-order chi connectivity index (χ1) is 8.71. The average Bonchev–Trinajstić information content (AvgIpc) is 2.75. The van der Waals surface area contributed by atoms with Gasteiger partial charge in [-0.25, -0.2) is 4.39 Å². The summed E-state index contributed by atoms with van der Waals surface area (Å²) in [5.41, 5.74) is 0.405. The normalized spacial score (nSPS) is 39.8. The van der Waals surface area contributed by atoms with E-state index in [1.54, 1.807) is 0 Å². The van der Waals surface area contributed by atoms with Crippen LogP contribution in [0.15, 0.2) is 18.2 Å². The van der Waals surface area contributed by atoms with Gasteiger partial charge in [0.1, 0.15) is 11.4 Å². The fourth-order valence-electron chi connectivity index (χ4n) is 4.92. The lowest BCUT2D eigenvalue weighted by Crippen LogP contribution is -2.51. The van der Waals surface area contributed by atoms with E-state index in [1.807, 2.05) is 13.0 Å². The fraction of sp³-hybridized carbons (Fsp3) is 0.647. The molecule has 3 rings (SSSR count). The van der Waals surface area contributed by atoms with E-state index >= 15 is 0 Å². The summed E-state index contributed by atoms with van der Waals surface area (Å²) in [7, 11) is 0. The van der Waals surface area contributed by atoms with Crippen LogP contribution in [-0.2, 0) is 5.60 Å². The molecule has 19 heavy (non-hydrogen) atoms. The Kier molecular flexibility index (Phi) is 2.49. The van der Waals surface area contributed by atoms with Crippen LogP contribution in [0, 0.1) is 29.5 Å². The zero-order valence-electron chi connectivity index (χ0n) is 12.3. The zero-order chi connectivity index (χ0) is 14.1. The highest BCUT2D eigenvalue weighted by molar-refractivity contribution is 5.36. The maximum Gasteiger partial charge on any atom is 0.123 e. The second-order valence-corrected chi connectivity index (χ2v) is 7.45. The van der Waals surface area contributed by atoms with Crippen molar-refractivity contribution >= 4 is 0 Å². The number of hydrogen-bond acceptors (Lipinski definition) is 1. The molecule has 2 aliphatic rings. The second-order valence-electron chi connectivity index (χ2n) is 7.45. The third kappa shape index (κ3) is 1.44. The van der Waals surface area contributed by atoms with Crippen molar-refractivity contribution in [3.63, 3.8) is 0 Å². The fourth-order valence-corrected chi connectivity index (χ4v) is 4.92. The standard InChI is InChI=1S/C17H23FO/c1-11-7-13(9-14(18)8-11)17(19)15(2,3)12-5-6-16(17,4)10-12/h7-9,12,19H,5-6,10H2,1-4H3. The summed E-state index contributed by atoms with van der Waals surface area (Å²) in [6.45, 7) is 8.34. The van der Waals surface area contributed by atoms with Crippen molar-refractivity contribution in [3.8, 4) is 0 Å². The van der Waals surface area contributed by atoms with E-state index in [1.165, 1.54) is 18.6 Å². The Morgan fingerprint density at radius 3 is 2.42 bits per heavy atom. The number of benzene rings is 1. The van der Waals surface area contributed by atoms with Gasteiger partial charge in [0, 0.05) is 10.8 Å². The van der Waals surface area contributed by atoms with Gasteiger partial charge in [0.25, 0.3) is 0 Å². The number of fused-ring (bicyclic) bond motifs is 2. The van der Waals surface area contributed by atoms with E-state index in [4.69, 9.17) is 0 Å². The Labute approximate surface area is 114 Å². The van der Waals surface area contributed by atoms with Gasteiger partial charge in [0.15, 0.2) is 0 Å². The molecule has 1 nitrogen and oxygen atoms in total. The predicted molar refractivity (Wildman–Crippen MR) is 74.3 cm³/mol. The second kappa shape index (κ2) is 3.60. The van der Waals surface area contributed by atoms with Gasteiger partial charge in [-0.2, -0.15) is 0 Å². The van der Waals surface area contributed by atoms with E-state index in [9.17, 15) is 9.50 Å². The largest absolute Gasteiger partial charge is 0.384 e. The first-order valence-corrected chi connectivity index (χ1v) is 7.21. The van der Waals surface area contributed by atoms with E-state index in [0.717, 1.165) is 24.0 Å². The third-order valence-corrected chi connectivity index (χ3v) is 6.03. The van der Waals surface area contributed by atoms with Crippen LogP contribution in [0.5, 0.6) is 0 Å². The Bertz CT molecular complexity index is 509. The molecule has 1 aromatic carbocycles. The van der Waals surface area contributed by atoms with Crippen molar-refractivity contribution in [2.45, 2.75) is 52.6 Å². The van der Waals surface area contributed by atoms with Crippen molar-refractivity contribution in [2.75, 3.05) is 0 Å². The Morgan fingerprint density at radius 1 is 1.21 bits per heavy atom. The molecule has 0 saturated heterocycles. The topological polar surface area (TPSA) is 20.2 Å². The molecule has 1 N–H and O–H groups in total. The average molecular weight is 262 g/mol. The summed E-state index contributed by atoms with van der Waals surface area (Å²) in [6.07, 6.45) is 3.26. The van der Waals surface area contributed by atoms with Crippen LogP contribution in [0.4, 0.5) is 4.39 Å². The van der Waals surface area contributed by atoms with Crippen LogP contribution >= 0.6 is 0 Å². The minimum Gasteiger partial charge on any atom is -0.384 e. The summed E-state index contributed by atoms with van der Waals surface area (Å²) < 4.78 is 13.8. The Balaban J connectivity index is 2.21. The molecular formula is C17H23FO. The molecule has 2 heteroatoms. The number of aryl methyl sites for hydroxylation is 1. The molecular weight excluding hydrogens is 239 g/mol. The molecule has 3 unspecified atom stereocenters. The van der Waals surface area contributed by atoms with Crippen molar-refractivity contribution in [2.24, 2.45) is 16.7 Å². The van der Waals surface area contributed by atoms with Crippen LogP contribution in [0.25, 0.3) is 0 Å². The van der Waals surface area contributed by atoms with Gasteiger partial charge in [-0.05, 0) is 55.4 Å². The van der Waals surface area contributed by atoms with Crippen LogP contribution in [0.1, 0.15) is 51.2 Å². The first kappa shape index (κ1) is 13.1. The smallest absolute Gasteiger partial charge is 0.123 e. The van der Waals surface area contributed by atoms with Crippen molar-refractivity contribution in [3.05, 3.63) is 35.1 Å². The summed E-state index contributed by atoms with van der Waals surface area (Å²) >= 11 is 0. The lowest BCUT2D eigenvalue weighted by Gasteiger charge is -2.51. The monoisotopic (exact) mass is 262 g/mol. The van der Waals surface area contributed by atoms with E-state index in [2.05, 4.69) is 20.8 Å². The van der Waals surface area contributed by atoms with Gasteiger partial charge in [0.05, 0.1) is 0 Å². The molecule has 0 heterocycles. The third-order valence-electron chi connectivity index (χ3n) is 6.03. The molecule has 2 saturated carbocycles. The highest BCUT2D eigenvalue weighted by Gasteiger charge is 2.69. The molecule has 0 spiro atoms. The van der Waals surface area contributed by atoms with Crippen LogP contribution in [-0.4, -0.2) is 5.11 Å². The van der Waals surface area contributed by atoms with Gasteiger partial charge >= 0.3 is 0 Å². The number of rotatable bonds is 1. The SMILES string of the molecule is Cc1cc(F)cc(C2(O)C3(C)CCC(C3)C2(C)C)c1. The zero-order valence-corrected chi connectivity index (χ0v) is 12.3. The van der Waals surface area contributed by atoms with Gasteiger partial charge < -0.3 is 5.11 Å². The summed E-state index contributed by atoms with van der Waals surface area (Å²) in [5.74, 6) is 0.289. The van der Waals surface area contributed by atoms with Crippen molar-refractivity contribution in [1.82, 2.24) is 0 Å². The highest BCUT2D eigenvalue weighted by atomic mass is 19.1. The highest BCUT2D eigenvalue weighted by Crippen LogP contribution is 2.71. The molecule has 2 bridgehead atoms. The maximum atomic E-state index is 13.8. The lowest BCUT2D eigenvalue weighted by molar-refractivity contribution is -0.150. The van der Waals surface area contributed by atoms with E-state index < -0.39 is 5.60 Å². The van der Waals surface area contributed by atoms with Gasteiger partial charge in [-0.3, -0.25) is 0 Å². The van der Waals surface area contributed by atoms with Crippen molar-refractivity contribution < 1.29 is 9.50 Å². The van der Waals surface area contributed by atoms with Gasteiger partial charge in [-0.15, -0.1) is 0 Å². The van der Waals surface area contributed by atoms with Crippen LogP contribution < -0.4 is 0 Å². The lowest BCUT2D eigenvalue weighted by atomic mass is 9.57. The molecule has 1 aromatic rings. The van der Waals surface area contributed by atoms with E-state index in [0.29, 0.717) is 5.92 Å². The number of aliphatic hydroxyl groups is 1. The summed E-state index contributed by atoms with van der Waals surface area (Å²) in [5, 5.41) is 11.5. The van der Waals surface area contributed by atoms with Crippen molar-refractivity contribution in [1.29, 1.82) is 0 Å². The molecule has 104 valence electrons. The molecule has 0 amide bonds. The maximum absolute atomic E-state index is 13.8. The van der Waals surface area contributed by atoms with Gasteiger partial charge in [-0.1, -0.05) is 26.8 Å².